The van der Waals surface area contributed by atoms with Crippen molar-refractivity contribution in [1.82, 2.24) is 10.3 Å². The summed E-state index contributed by atoms with van der Waals surface area (Å²) in [6.07, 6.45) is 5.79. The second-order valence-electron chi connectivity index (χ2n) is 9.67. The lowest BCUT2D eigenvalue weighted by Gasteiger charge is -2.26. The van der Waals surface area contributed by atoms with E-state index in [9.17, 15) is 9.59 Å². The molecule has 0 saturated carbocycles. The van der Waals surface area contributed by atoms with E-state index < -0.39 is 0 Å². The maximum Gasteiger partial charge on any atom is 0.252 e. The van der Waals surface area contributed by atoms with E-state index in [2.05, 4.69) is 26.1 Å². The summed E-state index contributed by atoms with van der Waals surface area (Å²) < 4.78 is 0.906. The molecule has 1 unspecified atom stereocenters. The molecule has 1 aliphatic heterocycles. The molecule has 0 aliphatic carbocycles. The third-order valence-corrected chi connectivity index (χ3v) is 7.83. The molecule has 190 valence electrons. The Kier molecular flexibility index (Phi) is 9.02. The maximum atomic E-state index is 13.8. The first-order chi connectivity index (χ1) is 17.3. The highest BCUT2D eigenvalue weighted by Gasteiger charge is 2.24. The Morgan fingerprint density at radius 3 is 2.53 bits per heavy atom. The molecular weight excluding hydrogens is 538 g/mol. The summed E-state index contributed by atoms with van der Waals surface area (Å²) in [5.41, 5.74) is 3.32. The van der Waals surface area contributed by atoms with Crippen molar-refractivity contribution >= 4 is 55.9 Å². The number of ketones is 1. The van der Waals surface area contributed by atoms with Crippen molar-refractivity contribution in [2.75, 3.05) is 24.5 Å². The van der Waals surface area contributed by atoms with Gasteiger partial charge in [-0.3, -0.25) is 4.79 Å². The van der Waals surface area contributed by atoms with Gasteiger partial charge in [0.2, 0.25) is 0 Å². The van der Waals surface area contributed by atoms with Crippen LogP contribution in [-0.4, -0.2) is 36.3 Å². The molecule has 5 nitrogen and oxygen atoms in total. The number of amides is 1. The molecule has 1 aromatic heterocycles. The molecule has 1 aliphatic rings. The van der Waals surface area contributed by atoms with Crippen molar-refractivity contribution in [3.05, 3.63) is 68.7 Å². The first-order valence-electron chi connectivity index (χ1n) is 12.7. The van der Waals surface area contributed by atoms with Crippen molar-refractivity contribution in [1.29, 1.82) is 0 Å². The van der Waals surface area contributed by atoms with Gasteiger partial charge in [0, 0.05) is 52.4 Å². The predicted molar refractivity (Wildman–Crippen MR) is 151 cm³/mol. The Bertz CT molecular complexity index is 1250. The van der Waals surface area contributed by atoms with Crippen molar-refractivity contribution in [3.8, 4) is 0 Å². The number of carbonyl (C=O) groups excluding carboxylic acids is 2. The number of rotatable bonds is 8. The number of nitrogens with zero attached hydrogens (tertiary/aromatic N) is 2. The van der Waals surface area contributed by atoms with Crippen molar-refractivity contribution in [2.24, 2.45) is 0 Å². The SMILES string of the molecule is CC(=O)CCC(CNC(=O)c1c(C)c(N2CCCCCC2)nc2ccc(Br)cc12)c1ccccc1Cl. The van der Waals surface area contributed by atoms with Gasteiger partial charge < -0.3 is 15.0 Å². The first kappa shape index (κ1) is 26.6. The largest absolute Gasteiger partial charge is 0.356 e. The summed E-state index contributed by atoms with van der Waals surface area (Å²) in [6.45, 7) is 5.90. The van der Waals surface area contributed by atoms with E-state index in [4.69, 9.17) is 16.6 Å². The van der Waals surface area contributed by atoms with Crippen molar-refractivity contribution < 1.29 is 9.59 Å². The number of hydrogen-bond donors (Lipinski definition) is 1. The summed E-state index contributed by atoms with van der Waals surface area (Å²) in [5.74, 6) is 0.836. The number of hydrogen-bond acceptors (Lipinski definition) is 4. The summed E-state index contributed by atoms with van der Waals surface area (Å²) >= 11 is 10.1. The summed E-state index contributed by atoms with van der Waals surface area (Å²) in [6, 6.07) is 13.6. The molecule has 36 heavy (non-hydrogen) atoms. The molecule has 1 saturated heterocycles. The van der Waals surface area contributed by atoms with Gasteiger partial charge in [-0.1, -0.05) is 58.6 Å². The Morgan fingerprint density at radius 2 is 1.83 bits per heavy atom. The van der Waals surface area contributed by atoms with Gasteiger partial charge in [0.1, 0.15) is 11.6 Å². The Labute approximate surface area is 226 Å². The van der Waals surface area contributed by atoms with E-state index in [1.54, 1.807) is 6.92 Å². The van der Waals surface area contributed by atoms with Crippen LogP contribution in [0.3, 0.4) is 0 Å². The molecule has 0 bridgehead atoms. The lowest BCUT2D eigenvalue weighted by molar-refractivity contribution is -0.117. The third kappa shape index (κ3) is 6.27. The van der Waals surface area contributed by atoms with Gasteiger partial charge in [0.05, 0.1) is 11.1 Å². The number of Topliss-reactive ketones (excluding diaryl/α,β-unsaturated/α-hetero) is 1. The number of nitrogens with one attached hydrogen (secondary N) is 1. The average molecular weight is 571 g/mol. The number of carbonyl (C=O) groups is 2. The molecule has 2 heterocycles. The van der Waals surface area contributed by atoms with E-state index in [1.165, 1.54) is 12.8 Å². The Balaban J connectivity index is 1.67. The molecule has 0 spiro atoms. The summed E-state index contributed by atoms with van der Waals surface area (Å²) in [4.78, 5) is 32.8. The van der Waals surface area contributed by atoms with Crippen LogP contribution >= 0.6 is 27.5 Å². The second kappa shape index (κ2) is 12.2. The molecule has 1 N–H and O–H groups in total. The van der Waals surface area contributed by atoms with E-state index in [1.807, 2.05) is 49.4 Å². The normalized spacial score (nSPS) is 14.9. The second-order valence-corrected chi connectivity index (χ2v) is 11.0. The van der Waals surface area contributed by atoms with Gasteiger partial charge >= 0.3 is 0 Å². The Morgan fingerprint density at radius 1 is 1.11 bits per heavy atom. The number of benzene rings is 2. The lowest BCUT2D eigenvalue weighted by Crippen LogP contribution is -2.31. The van der Waals surface area contributed by atoms with Crippen LogP contribution in [0.5, 0.6) is 0 Å². The highest BCUT2D eigenvalue weighted by molar-refractivity contribution is 9.10. The fraction of sp³-hybridized carbons (Fsp3) is 0.414. The van der Waals surface area contributed by atoms with Gasteiger partial charge in [-0.2, -0.15) is 0 Å². The average Bonchev–Trinajstić information content (AvgIpc) is 3.13. The van der Waals surface area contributed by atoms with Crippen LogP contribution in [0, 0.1) is 6.92 Å². The van der Waals surface area contributed by atoms with Gasteiger partial charge in [-0.15, -0.1) is 0 Å². The summed E-state index contributed by atoms with van der Waals surface area (Å²) in [7, 11) is 0. The Hall–Kier alpha value is -2.44. The fourth-order valence-electron chi connectivity index (χ4n) is 5.06. The number of fused-ring (bicyclic) bond motifs is 1. The molecular formula is C29H33BrClN3O2. The minimum Gasteiger partial charge on any atom is -0.356 e. The number of halogens is 2. The quantitative estimate of drug-likeness (QED) is 0.310. The zero-order valence-corrected chi connectivity index (χ0v) is 23.3. The van der Waals surface area contributed by atoms with Crippen LogP contribution < -0.4 is 10.2 Å². The van der Waals surface area contributed by atoms with Crippen molar-refractivity contribution in [2.45, 2.75) is 58.3 Å². The maximum absolute atomic E-state index is 13.8. The summed E-state index contributed by atoms with van der Waals surface area (Å²) in [5, 5.41) is 4.65. The molecule has 0 radical (unpaired) electrons. The predicted octanol–water partition coefficient (Wildman–Crippen LogP) is 7.22. The van der Waals surface area contributed by atoms with E-state index >= 15 is 0 Å². The number of aromatic nitrogens is 1. The van der Waals surface area contributed by atoms with Gasteiger partial charge in [0.25, 0.3) is 5.91 Å². The lowest BCUT2D eigenvalue weighted by atomic mass is 9.93. The molecule has 1 atom stereocenters. The minimum atomic E-state index is -0.131. The minimum absolute atomic E-state index is 0.0585. The highest BCUT2D eigenvalue weighted by atomic mass is 79.9. The third-order valence-electron chi connectivity index (χ3n) is 7.00. The topological polar surface area (TPSA) is 62.3 Å². The zero-order valence-electron chi connectivity index (χ0n) is 20.9. The molecule has 1 amide bonds. The zero-order chi connectivity index (χ0) is 25.7. The molecule has 7 heteroatoms. The van der Waals surface area contributed by atoms with Crippen LogP contribution in [0.15, 0.2) is 46.9 Å². The fourth-order valence-corrected chi connectivity index (χ4v) is 5.71. The standard InChI is InChI=1S/C29H33BrClN3O2/c1-19(35)11-12-21(23-9-5-6-10-25(23)31)18-32-29(36)27-20(2)28(34-15-7-3-4-8-16-34)33-26-14-13-22(30)17-24(26)27/h5-6,9-10,13-14,17,21H,3-4,7-8,11-12,15-16,18H2,1-2H3,(H,32,36). The van der Waals surface area contributed by atoms with Crippen LogP contribution in [-0.2, 0) is 4.79 Å². The van der Waals surface area contributed by atoms with Crippen LogP contribution in [0.2, 0.25) is 5.02 Å². The van der Waals surface area contributed by atoms with Crippen LogP contribution in [0.25, 0.3) is 10.9 Å². The van der Waals surface area contributed by atoms with Gasteiger partial charge in [-0.25, -0.2) is 4.98 Å². The first-order valence-corrected chi connectivity index (χ1v) is 13.9. The monoisotopic (exact) mass is 569 g/mol. The van der Waals surface area contributed by atoms with E-state index in [0.717, 1.165) is 58.3 Å². The smallest absolute Gasteiger partial charge is 0.252 e. The number of pyridine rings is 1. The van der Waals surface area contributed by atoms with Crippen LogP contribution in [0.1, 0.15) is 72.9 Å². The van der Waals surface area contributed by atoms with Crippen molar-refractivity contribution in [3.63, 3.8) is 0 Å². The van der Waals surface area contributed by atoms with Gasteiger partial charge in [0.15, 0.2) is 0 Å². The highest BCUT2D eigenvalue weighted by Crippen LogP contribution is 2.32. The molecule has 2 aromatic carbocycles. The van der Waals surface area contributed by atoms with Crippen LogP contribution in [0.4, 0.5) is 5.82 Å². The van der Waals surface area contributed by atoms with E-state index in [0.29, 0.717) is 30.0 Å². The molecule has 3 aromatic rings. The van der Waals surface area contributed by atoms with E-state index in [-0.39, 0.29) is 17.6 Å². The molecule has 4 rings (SSSR count). The number of anilines is 1. The molecule has 1 fully saturated rings. The van der Waals surface area contributed by atoms with Gasteiger partial charge in [-0.05, 0) is 62.9 Å².